The monoisotopic (exact) mass is 162 g/mol. The quantitative estimate of drug-likeness (QED) is 0.610. The molecule has 0 aromatic heterocycles. The molecule has 1 N–H and O–H groups in total. The second-order valence-corrected chi connectivity index (χ2v) is 5.00. The smallest absolute Gasteiger partial charge is 0.303 e. The van der Waals surface area contributed by atoms with Gasteiger partial charge in [0, 0.05) is 13.5 Å². The first-order chi connectivity index (χ1) is 4.66. The summed E-state index contributed by atoms with van der Waals surface area (Å²) in [4.78, 5) is 10.0. The molecule has 1 atom stereocenters. The zero-order valence-electron chi connectivity index (χ0n) is 6.46. The number of hydrogen-bond donors (Lipinski definition) is 1. The van der Waals surface area contributed by atoms with Gasteiger partial charge >= 0.3 is 5.97 Å². The molecule has 0 rings (SSSR count). The van der Waals surface area contributed by atoms with Gasteiger partial charge in [0.25, 0.3) is 0 Å². The SMILES string of the molecule is CO[SiH](C)CCCC(=O)O. The maximum atomic E-state index is 10.0. The molecule has 0 amide bonds. The molecule has 0 aliphatic carbocycles. The van der Waals surface area contributed by atoms with E-state index in [1.165, 1.54) is 0 Å². The standard InChI is InChI=1S/C6H14O3Si/c1-9-10(2)5-3-4-6(7)8/h10H,3-5H2,1-2H3,(H,7,8). The third kappa shape index (κ3) is 5.78. The number of carbonyl (C=O) groups is 1. The zero-order chi connectivity index (χ0) is 7.98. The van der Waals surface area contributed by atoms with Crippen LogP contribution < -0.4 is 0 Å². The van der Waals surface area contributed by atoms with Crippen LogP contribution in [0.4, 0.5) is 0 Å². The number of carboxylic acid groups (broad SMARTS) is 1. The lowest BCUT2D eigenvalue weighted by Gasteiger charge is -2.04. The lowest BCUT2D eigenvalue weighted by molar-refractivity contribution is -0.137. The highest BCUT2D eigenvalue weighted by Crippen LogP contribution is 2.01. The van der Waals surface area contributed by atoms with Crippen LogP contribution in [0.15, 0.2) is 0 Å². The molecule has 0 saturated heterocycles. The molecule has 0 aromatic carbocycles. The van der Waals surface area contributed by atoms with E-state index in [1.807, 2.05) is 0 Å². The van der Waals surface area contributed by atoms with Crippen LogP contribution in [0.2, 0.25) is 12.6 Å². The lowest BCUT2D eigenvalue weighted by atomic mass is 10.3. The second-order valence-electron chi connectivity index (χ2n) is 2.33. The Labute approximate surface area is 62.7 Å². The Morgan fingerprint density at radius 3 is 2.70 bits per heavy atom. The van der Waals surface area contributed by atoms with E-state index in [9.17, 15) is 4.79 Å². The Balaban J connectivity index is 3.11. The molecule has 3 nitrogen and oxygen atoms in total. The number of rotatable bonds is 5. The first-order valence-electron chi connectivity index (χ1n) is 3.41. The third-order valence-electron chi connectivity index (χ3n) is 1.40. The van der Waals surface area contributed by atoms with Crippen molar-refractivity contribution in [3.05, 3.63) is 0 Å². The minimum atomic E-state index is -1.00. The molecule has 60 valence electrons. The third-order valence-corrected chi connectivity index (χ3v) is 3.43. The summed E-state index contributed by atoms with van der Waals surface area (Å²) in [5, 5.41) is 8.27. The summed E-state index contributed by atoms with van der Waals surface area (Å²) < 4.78 is 5.08. The summed E-state index contributed by atoms with van der Waals surface area (Å²) in [5.74, 6) is -0.711. The van der Waals surface area contributed by atoms with Crippen molar-refractivity contribution in [3.8, 4) is 0 Å². The summed E-state index contributed by atoms with van der Waals surface area (Å²) in [7, 11) is 0.689. The van der Waals surface area contributed by atoms with E-state index in [0.717, 1.165) is 12.5 Å². The van der Waals surface area contributed by atoms with Gasteiger partial charge in [-0.2, -0.15) is 0 Å². The molecule has 0 radical (unpaired) electrons. The first kappa shape index (κ1) is 9.65. The lowest BCUT2D eigenvalue weighted by Crippen LogP contribution is -2.10. The van der Waals surface area contributed by atoms with Crippen molar-refractivity contribution in [2.24, 2.45) is 0 Å². The van der Waals surface area contributed by atoms with Gasteiger partial charge in [-0.05, 0) is 19.0 Å². The summed E-state index contributed by atoms with van der Waals surface area (Å²) in [5.41, 5.74) is 0. The topological polar surface area (TPSA) is 46.5 Å². The van der Waals surface area contributed by atoms with Gasteiger partial charge in [-0.15, -0.1) is 0 Å². The minimum Gasteiger partial charge on any atom is -0.481 e. The number of hydrogen-bond acceptors (Lipinski definition) is 2. The molecular weight excluding hydrogens is 148 g/mol. The Kier molecular flexibility index (Phi) is 5.24. The fourth-order valence-electron chi connectivity index (χ4n) is 0.659. The van der Waals surface area contributed by atoms with Crippen LogP contribution >= 0.6 is 0 Å². The van der Waals surface area contributed by atoms with Gasteiger partial charge < -0.3 is 9.53 Å². The van der Waals surface area contributed by atoms with E-state index in [1.54, 1.807) is 7.11 Å². The van der Waals surface area contributed by atoms with Crippen molar-refractivity contribution in [2.45, 2.75) is 25.4 Å². The summed E-state index contributed by atoms with van der Waals surface area (Å²) in [6, 6.07) is 0.961. The van der Waals surface area contributed by atoms with Crippen LogP contribution in [0.25, 0.3) is 0 Å². The maximum absolute atomic E-state index is 10.0. The molecule has 0 heterocycles. The molecule has 10 heavy (non-hydrogen) atoms. The van der Waals surface area contributed by atoms with Crippen LogP contribution in [0.1, 0.15) is 12.8 Å². The van der Waals surface area contributed by atoms with E-state index in [-0.39, 0.29) is 6.42 Å². The molecule has 0 saturated carbocycles. The molecule has 0 aliphatic rings. The average Bonchev–Trinajstić information content (AvgIpc) is 1.87. The highest BCUT2D eigenvalue weighted by atomic mass is 28.3. The van der Waals surface area contributed by atoms with Crippen LogP contribution in [-0.2, 0) is 9.22 Å². The summed E-state index contributed by atoms with van der Waals surface area (Å²) >= 11 is 0. The van der Waals surface area contributed by atoms with E-state index in [4.69, 9.17) is 9.53 Å². The van der Waals surface area contributed by atoms with Gasteiger partial charge in [0.05, 0.1) is 0 Å². The van der Waals surface area contributed by atoms with Crippen LogP contribution in [0.5, 0.6) is 0 Å². The fourth-order valence-corrected chi connectivity index (χ4v) is 1.67. The zero-order valence-corrected chi connectivity index (χ0v) is 7.62. The van der Waals surface area contributed by atoms with Crippen LogP contribution in [0.3, 0.4) is 0 Å². The van der Waals surface area contributed by atoms with Crippen molar-refractivity contribution in [1.82, 2.24) is 0 Å². The maximum Gasteiger partial charge on any atom is 0.303 e. The molecule has 0 aromatic rings. The predicted molar refractivity (Wildman–Crippen MR) is 41.7 cm³/mol. The largest absolute Gasteiger partial charge is 0.481 e. The second kappa shape index (κ2) is 5.43. The van der Waals surface area contributed by atoms with E-state index >= 15 is 0 Å². The predicted octanol–water partition coefficient (Wildman–Crippen LogP) is 0.851. The van der Waals surface area contributed by atoms with Crippen molar-refractivity contribution in [1.29, 1.82) is 0 Å². The van der Waals surface area contributed by atoms with Gasteiger partial charge in [0.1, 0.15) is 0 Å². The van der Waals surface area contributed by atoms with Crippen LogP contribution in [-0.4, -0.2) is 27.2 Å². The van der Waals surface area contributed by atoms with Gasteiger partial charge in [-0.1, -0.05) is 0 Å². The average molecular weight is 162 g/mol. The van der Waals surface area contributed by atoms with Gasteiger partial charge in [0.2, 0.25) is 0 Å². The molecular formula is C6H14O3Si. The molecule has 0 spiro atoms. The van der Waals surface area contributed by atoms with Crippen molar-refractivity contribution < 1.29 is 14.3 Å². The first-order valence-corrected chi connectivity index (χ1v) is 5.85. The molecule has 4 heteroatoms. The van der Waals surface area contributed by atoms with Gasteiger partial charge in [-0.3, -0.25) is 4.79 Å². The van der Waals surface area contributed by atoms with Crippen molar-refractivity contribution in [3.63, 3.8) is 0 Å². The Hall–Kier alpha value is -0.353. The molecule has 1 unspecified atom stereocenters. The van der Waals surface area contributed by atoms with Crippen molar-refractivity contribution in [2.75, 3.05) is 7.11 Å². The van der Waals surface area contributed by atoms with E-state index < -0.39 is 15.0 Å². The fraction of sp³-hybridized carbons (Fsp3) is 0.833. The van der Waals surface area contributed by atoms with Gasteiger partial charge in [-0.25, -0.2) is 0 Å². The minimum absolute atomic E-state index is 0.278. The Morgan fingerprint density at radius 1 is 1.70 bits per heavy atom. The normalized spacial score (nSPS) is 13.0. The summed E-state index contributed by atoms with van der Waals surface area (Å²) in [6.07, 6.45) is 1.04. The Bertz CT molecular complexity index is 105. The molecule has 0 fully saturated rings. The number of carboxylic acids is 1. The number of aliphatic carboxylic acids is 1. The highest BCUT2D eigenvalue weighted by Gasteiger charge is 2.03. The highest BCUT2D eigenvalue weighted by molar-refractivity contribution is 6.50. The Morgan fingerprint density at radius 2 is 2.30 bits per heavy atom. The van der Waals surface area contributed by atoms with E-state index in [2.05, 4.69) is 6.55 Å². The van der Waals surface area contributed by atoms with Crippen LogP contribution in [0, 0.1) is 0 Å². The van der Waals surface area contributed by atoms with Gasteiger partial charge in [0.15, 0.2) is 9.04 Å². The summed E-state index contributed by atoms with van der Waals surface area (Å²) in [6.45, 7) is 2.07. The molecule has 0 bridgehead atoms. The van der Waals surface area contributed by atoms with E-state index in [0.29, 0.717) is 0 Å². The van der Waals surface area contributed by atoms with Crippen molar-refractivity contribution >= 4 is 15.0 Å². The molecule has 0 aliphatic heterocycles.